The van der Waals surface area contributed by atoms with Crippen molar-refractivity contribution < 1.29 is 0 Å². The van der Waals surface area contributed by atoms with Gasteiger partial charge in [-0.25, -0.2) is 0 Å². The predicted molar refractivity (Wildman–Crippen MR) is 118 cm³/mol. The number of halogens is 1. The Hall–Kier alpha value is -2.37. The minimum atomic E-state index is -0.0266. The minimum Gasteiger partial charge on any atom is -0.318 e. The Balaban J connectivity index is 1.93. The average molecular weight is 410 g/mol. The molecule has 0 fully saturated rings. The van der Waals surface area contributed by atoms with Crippen LogP contribution in [0.25, 0.3) is 11.1 Å². The Morgan fingerprint density at radius 1 is 1.14 bits per heavy atom. The number of aromatic nitrogens is 2. The van der Waals surface area contributed by atoms with Crippen molar-refractivity contribution in [3.63, 3.8) is 0 Å². The van der Waals surface area contributed by atoms with E-state index in [1.165, 1.54) is 0 Å². The highest BCUT2D eigenvalue weighted by atomic mass is 35.5. The van der Waals surface area contributed by atoms with Gasteiger partial charge in [0, 0.05) is 53.0 Å². The van der Waals surface area contributed by atoms with E-state index in [9.17, 15) is 4.79 Å². The Morgan fingerprint density at radius 2 is 1.93 bits per heavy atom. The van der Waals surface area contributed by atoms with Gasteiger partial charge < -0.3 is 4.57 Å². The Labute approximate surface area is 173 Å². The van der Waals surface area contributed by atoms with Crippen molar-refractivity contribution in [2.24, 2.45) is 12.0 Å². The second-order valence-electron chi connectivity index (χ2n) is 6.69. The van der Waals surface area contributed by atoms with Crippen LogP contribution in [-0.4, -0.2) is 21.0 Å². The molecule has 0 radical (unpaired) electrons. The molecule has 0 spiro atoms. The Bertz CT molecular complexity index is 1120. The van der Waals surface area contributed by atoms with Gasteiger partial charge in [-0.05, 0) is 35.1 Å². The molecule has 2 aromatic heterocycles. The third-order valence-corrected chi connectivity index (χ3v) is 5.96. The zero-order valence-corrected chi connectivity index (χ0v) is 17.3. The van der Waals surface area contributed by atoms with Crippen molar-refractivity contribution in [1.29, 1.82) is 0 Å². The Morgan fingerprint density at radius 3 is 2.68 bits per heavy atom. The summed E-state index contributed by atoms with van der Waals surface area (Å²) in [6.45, 7) is 2.60. The SMILES string of the molecule is CCSCc1cc2c(cn1)C(c1ccc(Cl)cc1)=NCc1cc(=O)n(C)cc1-2. The molecule has 3 heterocycles. The zero-order valence-electron chi connectivity index (χ0n) is 15.8. The quantitative estimate of drug-likeness (QED) is 0.627. The highest BCUT2D eigenvalue weighted by Gasteiger charge is 2.21. The maximum atomic E-state index is 12.2. The molecule has 4 rings (SSSR count). The van der Waals surface area contributed by atoms with Crippen LogP contribution < -0.4 is 5.56 Å². The largest absolute Gasteiger partial charge is 0.318 e. The molecule has 0 aliphatic carbocycles. The van der Waals surface area contributed by atoms with Gasteiger partial charge in [-0.2, -0.15) is 11.8 Å². The van der Waals surface area contributed by atoms with Crippen LogP contribution >= 0.6 is 23.4 Å². The van der Waals surface area contributed by atoms with E-state index in [4.69, 9.17) is 16.6 Å². The van der Waals surface area contributed by atoms with Crippen LogP contribution in [0, 0.1) is 0 Å². The van der Waals surface area contributed by atoms with E-state index in [-0.39, 0.29) is 5.56 Å². The first-order chi connectivity index (χ1) is 13.6. The van der Waals surface area contributed by atoms with Crippen molar-refractivity contribution in [3.8, 4) is 11.1 Å². The summed E-state index contributed by atoms with van der Waals surface area (Å²) in [6, 6.07) is 11.5. The molecule has 1 aromatic carbocycles. The van der Waals surface area contributed by atoms with E-state index < -0.39 is 0 Å². The lowest BCUT2D eigenvalue weighted by atomic mass is 9.94. The molecule has 1 aliphatic heterocycles. The maximum absolute atomic E-state index is 12.2. The predicted octanol–water partition coefficient (Wildman–Crippen LogP) is 4.70. The van der Waals surface area contributed by atoms with Crippen molar-refractivity contribution in [2.75, 3.05) is 5.75 Å². The zero-order chi connectivity index (χ0) is 19.7. The third-order valence-electron chi connectivity index (χ3n) is 4.80. The number of hydrogen-bond donors (Lipinski definition) is 0. The second kappa shape index (κ2) is 7.94. The van der Waals surface area contributed by atoms with E-state index in [0.717, 1.165) is 50.7 Å². The van der Waals surface area contributed by atoms with E-state index in [0.29, 0.717) is 11.6 Å². The third kappa shape index (κ3) is 3.64. The number of thioether (sulfide) groups is 1. The number of aryl methyl sites for hydroxylation is 1. The normalized spacial score (nSPS) is 12.8. The smallest absolute Gasteiger partial charge is 0.250 e. The summed E-state index contributed by atoms with van der Waals surface area (Å²) in [6.07, 6.45) is 3.82. The summed E-state index contributed by atoms with van der Waals surface area (Å²) in [4.78, 5) is 21.7. The molecule has 4 nitrogen and oxygen atoms in total. The molecule has 0 saturated carbocycles. The van der Waals surface area contributed by atoms with Crippen LogP contribution in [-0.2, 0) is 19.3 Å². The topological polar surface area (TPSA) is 47.2 Å². The molecule has 0 unspecified atom stereocenters. The molecule has 6 heteroatoms. The summed E-state index contributed by atoms with van der Waals surface area (Å²) in [5.74, 6) is 1.90. The van der Waals surface area contributed by atoms with Crippen LogP contribution in [0.2, 0.25) is 5.02 Å². The van der Waals surface area contributed by atoms with E-state index in [1.54, 1.807) is 17.7 Å². The second-order valence-corrected chi connectivity index (χ2v) is 8.40. The first-order valence-corrected chi connectivity index (χ1v) is 10.7. The molecule has 0 N–H and O–H groups in total. The van der Waals surface area contributed by atoms with Gasteiger partial charge in [0.1, 0.15) is 0 Å². The number of benzene rings is 1. The Kier molecular flexibility index (Phi) is 5.38. The first-order valence-electron chi connectivity index (χ1n) is 9.14. The van der Waals surface area contributed by atoms with Gasteiger partial charge in [-0.3, -0.25) is 14.8 Å². The lowest BCUT2D eigenvalue weighted by Gasteiger charge is -2.13. The summed E-state index contributed by atoms with van der Waals surface area (Å²) in [5, 5.41) is 0.689. The summed E-state index contributed by atoms with van der Waals surface area (Å²) >= 11 is 7.91. The van der Waals surface area contributed by atoms with Gasteiger partial charge in [-0.1, -0.05) is 30.7 Å². The molecule has 3 aromatic rings. The van der Waals surface area contributed by atoms with Crippen LogP contribution in [0.3, 0.4) is 0 Å². The van der Waals surface area contributed by atoms with Crippen LogP contribution in [0.4, 0.5) is 0 Å². The number of aliphatic imine (C=N–C) groups is 1. The monoisotopic (exact) mass is 409 g/mol. The molecule has 28 heavy (non-hydrogen) atoms. The molecular formula is C22H20ClN3OS. The number of fused-ring (bicyclic) bond motifs is 3. The molecular weight excluding hydrogens is 390 g/mol. The van der Waals surface area contributed by atoms with Gasteiger partial charge >= 0.3 is 0 Å². The number of pyridine rings is 2. The van der Waals surface area contributed by atoms with Gasteiger partial charge in [-0.15, -0.1) is 0 Å². The van der Waals surface area contributed by atoms with Crippen LogP contribution in [0.1, 0.15) is 29.3 Å². The fourth-order valence-electron chi connectivity index (χ4n) is 3.34. The number of hydrogen-bond acceptors (Lipinski definition) is 4. The number of rotatable bonds is 4. The van der Waals surface area contributed by atoms with E-state index in [1.807, 2.05) is 48.4 Å². The lowest BCUT2D eigenvalue weighted by molar-refractivity contribution is 0.851. The molecule has 0 saturated heterocycles. The summed E-state index contributed by atoms with van der Waals surface area (Å²) in [7, 11) is 1.78. The molecule has 0 atom stereocenters. The van der Waals surface area contributed by atoms with Gasteiger partial charge in [0.2, 0.25) is 0 Å². The summed E-state index contributed by atoms with van der Waals surface area (Å²) in [5.41, 5.74) is 6.89. The van der Waals surface area contributed by atoms with Crippen molar-refractivity contribution >= 4 is 29.1 Å². The standard InChI is InChI=1S/C22H20ClN3OS/c1-3-28-13-17-9-18-19(11-24-17)22(14-4-6-16(23)7-5-14)25-10-15-8-21(27)26(2)12-20(15)18/h4-9,11-12H,3,10,13H2,1-2H3. The fourth-order valence-corrected chi connectivity index (χ4v) is 4.04. The lowest BCUT2D eigenvalue weighted by Crippen LogP contribution is -2.16. The highest BCUT2D eigenvalue weighted by molar-refractivity contribution is 7.98. The first kappa shape index (κ1) is 19.0. The molecule has 142 valence electrons. The van der Waals surface area contributed by atoms with Crippen molar-refractivity contribution in [3.05, 3.63) is 86.6 Å². The van der Waals surface area contributed by atoms with Crippen LogP contribution in [0.15, 0.2) is 58.6 Å². The average Bonchev–Trinajstić information content (AvgIpc) is 2.84. The molecule has 0 bridgehead atoms. The van der Waals surface area contributed by atoms with Gasteiger partial charge in [0.15, 0.2) is 0 Å². The van der Waals surface area contributed by atoms with Gasteiger partial charge in [0.25, 0.3) is 5.56 Å². The minimum absolute atomic E-state index is 0.0266. The van der Waals surface area contributed by atoms with E-state index in [2.05, 4.69) is 18.0 Å². The van der Waals surface area contributed by atoms with Crippen molar-refractivity contribution in [2.45, 2.75) is 19.2 Å². The molecule has 1 aliphatic rings. The summed E-state index contributed by atoms with van der Waals surface area (Å²) < 4.78 is 1.62. The van der Waals surface area contributed by atoms with E-state index >= 15 is 0 Å². The maximum Gasteiger partial charge on any atom is 0.250 e. The fraction of sp³-hybridized carbons (Fsp3) is 0.227. The highest BCUT2D eigenvalue weighted by Crippen LogP contribution is 2.33. The molecule has 0 amide bonds. The van der Waals surface area contributed by atoms with Gasteiger partial charge in [0.05, 0.1) is 18.0 Å². The van der Waals surface area contributed by atoms with Crippen LogP contribution in [0.5, 0.6) is 0 Å². The van der Waals surface area contributed by atoms with Crippen molar-refractivity contribution in [1.82, 2.24) is 9.55 Å². The number of nitrogens with zero attached hydrogens (tertiary/aromatic N) is 3.